The third-order valence-electron chi connectivity index (χ3n) is 0. The van der Waals surface area contributed by atoms with E-state index in [0.29, 0.717) is 0 Å². The first-order chi connectivity index (χ1) is 2.00. The van der Waals surface area contributed by atoms with Gasteiger partial charge in [-0.05, 0) is 0 Å². The van der Waals surface area contributed by atoms with Crippen LogP contribution in [0.25, 0.3) is 0 Å². The van der Waals surface area contributed by atoms with E-state index in [1.165, 1.54) is 0 Å². The van der Waals surface area contributed by atoms with Crippen LogP contribution in [0.15, 0.2) is 0 Å². The summed E-state index contributed by atoms with van der Waals surface area (Å²) in [7, 11) is -4.64. The monoisotopic (exact) mass is 168 g/mol. The van der Waals surface area contributed by atoms with Crippen LogP contribution >= 0.6 is 7.82 Å². The van der Waals surface area contributed by atoms with Crippen molar-refractivity contribution in [1.29, 1.82) is 0 Å². The van der Waals surface area contributed by atoms with Gasteiger partial charge in [0.2, 0.25) is 0 Å². The molecule has 0 amide bonds. The fraction of sp³-hybridized carbons (Fsp3) is 0. The minimum atomic E-state index is -4.64. The van der Waals surface area contributed by atoms with Crippen molar-refractivity contribution in [3.8, 4) is 0 Å². The Labute approximate surface area is 60.7 Å². The molecule has 7 heteroatoms. The normalized spacial score (nSPS) is 8.43. The Bertz CT molecular complexity index is 64.6. The molecule has 0 saturated heterocycles. The largest absolute Gasteiger partial charge is 4.00 e. The van der Waals surface area contributed by atoms with E-state index >= 15 is 0 Å². The zero-order chi connectivity index (χ0) is 4.50. The molecule has 0 aromatic heterocycles. The van der Waals surface area contributed by atoms with Crippen LogP contribution in [0, 0.1) is 0 Å². The van der Waals surface area contributed by atoms with Crippen LogP contribution in [-0.4, -0.2) is 20.2 Å². The number of hydrogen-bond donors (Lipinski definition) is 3. The van der Waals surface area contributed by atoms with Crippen LogP contribution in [0.1, 0.15) is 5.71 Å². The first kappa shape index (κ1) is 15.7. The summed E-state index contributed by atoms with van der Waals surface area (Å²) in [5.41, 5.74) is 0. The van der Waals surface area contributed by atoms with Gasteiger partial charge >= 0.3 is 29.5 Å². The molecular formula is H9O5PTi. The minimum Gasteiger partial charge on any atom is -1.00 e. The molecule has 7 heavy (non-hydrogen) atoms. The fourth-order valence-electron chi connectivity index (χ4n) is 0. The molecule has 0 aliphatic heterocycles. The maximum atomic E-state index is 8.88. The quantitative estimate of drug-likeness (QED) is 0.308. The van der Waals surface area contributed by atoms with Crippen molar-refractivity contribution < 1.29 is 52.1 Å². The number of rotatable bonds is 0. The topological polar surface area (TPSA) is 109 Å². The van der Waals surface area contributed by atoms with Gasteiger partial charge in [0.05, 0.1) is 0 Å². The van der Waals surface area contributed by atoms with Crippen molar-refractivity contribution in [2.75, 3.05) is 0 Å². The average molecular weight is 168 g/mol. The first-order valence-corrected chi connectivity index (χ1v) is 2.35. The van der Waals surface area contributed by atoms with Crippen LogP contribution < -0.4 is 0 Å². The van der Waals surface area contributed by atoms with Crippen molar-refractivity contribution >= 4 is 7.82 Å². The maximum Gasteiger partial charge on any atom is 4.00 e. The summed E-state index contributed by atoms with van der Waals surface area (Å²) in [6, 6.07) is 0. The van der Waals surface area contributed by atoms with Gasteiger partial charge in [-0.3, -0.25) is 0 Å². The van der Waals surface area contributed by atoms with Gasteiger partial charge in [0.15, 0.2) is 0 Å². The van der Waals surface area contributed by atoms with Crippen LogP contribution in [0.2, 0.25) is 0 Å². The van der Waals surface area contributed by atoms with Gasteiger partial charge in [-0.2, -0.15) is 0 Å². The Kier molecular flexibility index (Phi) is 11.0. The van der Waals surface area contributed by atoms with Gasteiger partial charge in [-0.15, -0.1) is 0 Å². The van der Waals surface area contributed by atoms with Crippen molar-refractivity contribution in [3.63, 3.8) is 0 Å². The smallest absolute Gasteiger partial charge is 1.00 e. The van der Waals surface area contributed by atoms with E-state index in [4.69, 9.17) is 19.2 Å². The van der Waals surface area contributed by atoms with E-state index in [1.54, 1.807) is 0 Å². The zero-order valence-corrected chi connectivity index (χ0v) is 5.65. The molecule has 5 nitrogen and oxygen atoms in total. The first-order valence-electron chi connectivity index (χ1n) is 0.783. The zero-order valence-electron chi connectivity index (χ0n) is 7.20. The Balaban J connectivity index is -0.00000000533. The van der Waals surface area contributed by atoms with E-state index in [9.17, 15) is 0 Å². The molecule has 0 heterocycles. The van der Waals surface area contributed by atoms with E-state index in [0.717, 1.165) is 0 Å². The standard InChI is InChI=1S/H3O4P.H2O.Ti.4H/c1-5(2,3)4;;;;;;/h(H3,1,2,3,4);1H2;;;;;/q;;+4;4*-1. The van der Waals surface area contributed by atoms with E-state index in [-0.39, 0.29) is 32.9 Å². The van der Waals surface area contributed by atoms with Gasteiger partial charge in [0, 0.05) is 0 Å². The molecule has 0 aromatic carbocycles. The SMILES string of the molecule is O.O=P(O)(O)O.[H-].[H-].[H-].[H-].[Ti+4]. The summed E-state index contributed by atoms with van der Waals surface area (Å²) in [6.07, 6.45) is 0. The minimum absolute atomic E-state index is 0. The third kappa shape index (κ3) is 252. The number of hydrogen-bond acceptors (Lipinski definition) is 1. The summed E-state index contributed by atoms with van der Waals surface area (Å²) in [5, 5.41) is 0. The summed E-state index contributed by atoms with van der Waals surface area (Å²) >= 11 is 0. The van der Waals surface area contributed by atoms with Gasteiger partial charge < -0.3 is 25.9 Å². The average Bonchev–Trinajstić information content (AvgIpc) is 0.722. The molecule has 0 rings (SSSR count). The molecule has 0 atom stereocenters. The summed E-state index contributed by atoms with van der Waals surface area (Å²) in [4.78, 5) is 21.6. The van der Waals surface area contributed by atoms with Crippen molar-refractivity contribution in [2.24, 2.45) is 0 Å². The number of phosphoric acid groups is 1. The van der Waals surface area contributed by atoms with Crippen LogP contribution in [0.4, 0.5) is 0 Å². The molecule has 0 bridgehead atoms. The van der Waals surface area contributed by atoms with Crippen LogP contribution in [-0.2, 0) is 26.3 Å². The summed E-state index contributed by atoms with van der Waals surface area (Å²) < 4.78 is 8.88. The van der Waals surface area contributed by atoms with Gasteiger partial charge in [-0.1, -0.05) is 0 Å². The van der Waals surface area contributed by atoms with Gasteiger partial charge in [0.25, 0.3) is 0 Å². The van der Waals surface area contributed by atoms with E-state index < -0.39 is 7.82 Å². The van der Waals surface area contributed by atoms with Crippen LogP contribution in [0.5, 0.6) is 0 Å². The van der Waals surface area contributed by atoms with Crippen molar-refractivity contribution in [2.45, 2.75) is 0 Å². The Morgan fingerprint density at radius 3 is 1.29 bits per heavy atom. The molecule has 0 unspecified atom stereocenters. The molecule has 0 aliphatic carbocycles. The molecule has 48 valence electrons. The summed E-state index contributed by atoms with van der Waals surface area (Å²) in [6.45, 7) is 0. The second kappa shape index (κ2) is 4.93. The molecule has 0 aliphatic rings. The fourth-order valence-corrected chi connectivity index (χ4v) is 0. The maximum absolute atomic E-state index is 8.88. The second-order valence-electron chi connectivity index (χ2n) is 0.513. The van der Waals surface area contributed by atoms with Crippen molar-refractivity contribution in [3.05, 3.63) is 0 Å². The third-order valence-corrected chi connectivity index (χ3v) is 0. The molecule has 0 fully saturated rings. The van der Waals surface area contributed by atoms with Gasteiger partial charge in [-0.25, -0.2) is 4.57 Å². The Morgan fingerprint density at radius 2 is 1.29 bits per heavy atom. The second-order valence-corrected chi connectivity index (χ2v) is 1.54. The Hall–Kier alpha value is 0.784. The predicted molar refractivity (Wildman–Crippen MR) is 22.3 cm³/mol. The molecule has 0 spiro atoms. The molecule has 0 aromatic rings. The molecule has 5 N–H and O–H groups in total. The van der Waals surface area contributed by atoms with Gasteiger partial charge in [0.1, 0.15) is 0 Å². The molecular weight excluding hydrogens is 159 g/mol. The molecule has 0 saturated carbocycles. The van der Waals surface area contributed by atoms with E-state index in [2.05, 4.69) is 0 Å². The van der Waals surface area contributed by atoms with E-state index in [1.807, 2.05) is 0 Å². The predicted octanol–water partition coefficient (Wildman–Crippen LogP) is -1.31. The van der Waals surface area contributed by atoms with Crippen LogP contribution in [0.3, 0.4) is 0 Å². The Morgan fingerprint density at radius 1 is 1.29 bits per heavy atom. The summed E-state index contributed by atoms with van der Waals surface area (Å²) in [5.74, 6) is 0. The molecule has 0 radical (unpaired) electrons. The van der Waals surface area contributed by atoms with Crippen molar-refractivity contribution in [1.82, 2.24) is 0 Å².